The highest BCUT2D eigenvalue weighted by Crippen LogP contribution is 2.42. The van der Waals surface area contributed by atoms with Gasteiger partial charge < -0.3 is 14.6 Å². The van der Waals surface area contributed by atoms with E-state index in [-0.39, 0.29) is 29.7 Å². The van der Waals surface area contributed by atoms with Gasteiger partial charge in [0.2, 0.25) is 0 Å². The third kappa shape index (κ3) is 5.58. The van der Waals surface area contributed by atoms with E-state index in [0.717, 1.165) is 0 Å². The lowest BCUT2D eigenvalue weighted by molar-refractivity contribution is -0.0438. The van der Waals surface area contributed by atoms with Crippen molar-refractivity contribution in [2.45, 2.75) is 38.5 Å². The second-order valence-electron chi connectivity index (χ2n) is 9.05. The molecule has 1 atom stereocenters. The smallest absolute Gasteiger partial charge is 0.338 e. The number of carbonyl (C=O) groups excluding carboxylic acids is 1. The molecule has 3 aromatic carbocycles. The Kier molecular flexibility index (Phi) is 8.01. The predicted octanol–water partition coefficient (Wildman–Crippen LogP) is 5.51. The normalized spacial score (nSPS) is 15.9. The number of rotatable bonds is 8. The van der Waals surface area contributed by atoms with Gasteiger partial charge in [0, 0.05) is 13.1 Å². The van der Waals surface area contributed by atoms with Gasteiger partial charge in [0.15, 0.2) is 0 Å². The number of carbonyl (C=O) groups is 1. The van der Waals surface area contributed by atoms with Gasteiger partial charge in [-0.05, 0) is 92.3 Å². The van der Waals surface area contributed by atoms with Gasteiger partial charge in [0.1, 0.15) is 29.2 Å². The van der Waals surface area contributed by atoms with Crippen molar-refractivity contribution >= 4 is 5.97 Å². The van der Waals surface area contributed by atoms with Crippen LogP contribution in [-0.4, -0.2) is 41.9 Å². The third-order valence-corrected chi connectivity index (χ3v) is 6.88. The van der Waals surface area contributed by atoms with Crippen LogP contribution in [0.25, 0.3) is 0 Å². The number of benzene rings is 3. The van der Waals surface area contributed by atoms with Crippen molar-refractivity contribution in [2.75, 3.05) is 19.7 Å². The van der Waals surface area contributed by atoms with Crippen LogP contribution in [0.4, 0.5) is 8.78 Å². The maximum Gasteiger partial charge on any atom is 0.338 e. The second kappa shape index (κ2) is 11.2. The van der Waals surface area contributed by atoms with E-state index in [0.29, 0.717) is 55.0 Å². The molecule has 7 heteroatoms. The van der Waals surface area contributed by atoms with Crippen molar-refractivity contribution in [3.8, 4) is 5.75 Å². The molecular formula is C29H31F2NO4. The first-order valence-corrected chi connectivity index (χ1v) is 12.2. The molecule has 1 fully saturated rings. The Hall–Kier alpha value is -3.29. The average Bonchev–Trinajstić information content (AvgIpc) is 2.89. The SMILES string of the molecule is CCOC(=O)c1ccc(OC(C)N2CCC(C(O)(c3ccc(F)cc3)c3ccc(F)cc3)CC2)cc1. The first-order chi connectivity index (χ1) is 17.3. The van der Waals surface area contributed by atoms with Crippen LogP contribution in [0.3, 0.4) is 0 Å². The Morgan fingerprint density at radius 3 is 1.92 bits per heavy atom. The number of hydrogen-bond acceptors (Lipinski definition) is 5. The maximum atomic E-state index is 13.6. The van der Waals surface area contributed by atoms with E-state index in [1.54, 1.807) is 55.5 Å². The molecule has 36 heavy (non-hydrogen) atoms. The molecule has 0 aliphatic carbocycles. The fourth-order valence-corrected chi connectivity index (χ4v) is 4.88. The van der Waals surface area contributed by atoms with E-state index in [4.69, 9.17) is 9.47 Å². The molecule has 0 saturated carbocycles. The van der Waals surface area contributed by atoms with Gasteiger partial charge in [-0.3, -0.25) is 4.90 Å². The molecule has 0 amide bonds. The van der Waals surface area contributed by atoms with E-state index >= 15 is 0 Å². The summed E-state index contributed by atoms with van der Waals surface area (Å²) in [7, 11) is 0. The monoisotopic (exact) mass is 495 g/mol. The Labute approximate surface area is 210 Å². The molecule has 5 nitrogen and oxygen atoms in total. The first-order valence-electron chi connectivity index (χ1n) is 12.2. The zero-order valence-corrected chi connectivity index (χ0v) is 20.5. The molecule has 1 heterocycles. The molecule has 4 rings (SSSR count). The van der Waals surface area contributed by atoms with E-state index in [1.807, 2.05) is 6.92 Å². The number of likely N-dealkylation sites (tertiary alicyclic amines) is 1. The van der Waals surface area contributed by atoms with Crippen LogP contribution in [0.2, 0.25) is 0 Å². The number of aliphatic hydroxyl groups is 1. The van der Waals surface area contributed by atoms with Crippen LogP contribution >= 0.6 is 0 Å². The Morgan fingerprint density at radius 2 is 1.44 bits per heavy atom. The molecule has 1 aliphatic heterocycles. The van der Waals surface area contributed by atoms with Crippen molar-refractivity contribution in [3.63, 3.8) is 0 Å². The van der Waals surface area contributed by atoms with E-state index in [1.165, 1.54) is 24.3 Å². The number of halogens is 2. The van der Waals surface area contributed by atoms with Gasteiger partial charge in [0.25, 0.3) is 0 Å². The first kappa shape index (κ1) is 25.8. The van der Waals surface area contributed by atoms with Crippen LogP contribution in [-0.2, 0) is 10.3 Å². The molecule has 1 unspecified atom stereocenters. The summed E-state index contributed by atoms with van der Waals surface area (Å²) in [5.74, 6) is -0.630. The number of hydrogen-bond donors (Lipinski definition) is 1. The van der Waals surface area contributed by atoms with Crippen molar-refractivity contribution < 1.29 is 28.2 Å². The summed E-state index contributed by atoms with van der Waals surface area (Å²) in [6.45, 7) is 5.41. The quantitative estimate of drug-likeness (QED) is 0.418. The standard InChI is InChI=1S/C29H31F2NO4/c1-3-35-28(33)21-4-14-27(15-5-21)36-20(2)32-18-16-24(17-19-32)29(34,22-6-10-25(30)11-7-22)23-8-12-26(31)13-9-23/h4-15,20,24,34H,3,16-19H2,1-2H3. The summed E-state index contributed by atoms with van der Waals surface area (Å²) in [5, 5.41) is 12.0. The van der Waals surface area contributed by atoms with Crippen LogP contribution in [0, 0.1) is 17.6 Å². The molecule has 0 aromatic heterocycles. The molecule has 0 radical (unpaired) electrons. The van der Waals surface area contributed by atoms with Gasteiger partial charge in [-0.25, -0.2) is 13.6 Å². The lowest BCUT2D eigenvalue weighted by atomic mass is 9.72. The van der Waals surface area contributed by atoms with E-state index in [2.05, 4.69) is 4.90 Å². The molecule has 3 aromatic rings. The van der Waals surface area contributed by atoms with Crippen molar-refractivity contribution in [1.82, 2.24) is 4.90 Å². The molecule has 190 valence electrons. The highest BCUT2D eigenvalue weighted by molar-refractivity contribution is 5.89. The van der Waals surface area contributed by atoms with Crippen LogP contribution in [0.15, 0.2) is 72.8 Å². The fraction of sp³-hybridized carbons (Fsp3) is 0.345. The Balaban J connectivity index is 1.45. The minimum atomic E-state index is -1.37. The lowest BCUT2D eigenvalue weighted by Gasteiger charge is -2.43. The fourth-order valence-electron chi connectivity index (χ4n) is 4.88. The van der Waals surface area contributed by atoms with E-state index < -0.39 is 5.60 Å². The topological polar surface area (TPSA) is 59.0 Å². The zero-order chi connectivity index (χ0) is 25.7. The number of piperidine rings is 1. The Bertz CT molecular complexity index is 1100. The minimum Gasteiger partial charge on any atom is -0.475 e. The average molecular weight is 496 g/mol. The van der Waals surface area contributed by atoms with Crippen LogP contribution in [0.1, 0.15) is 48.2 Å². The Morgan fingerprint density at radius 1 is 0.944 bits per heavy atom. The molecular weight excluding hydrogens is 464 g/mol. The summed E-state index contributed by atoms with van der Waals surface area (Å²) >= 11 is 0. The predicted molar refractivity (Wildman–Crippen MR) is 133 cm³/mol. The van der Waals surface area contributed by atoms with Gasteiger partial charge in [-0.15, -0.1) is 0 Å². The molecule has 1 aliphatic rings. The largest absolute Gasteiger partial charge is 0.475 e. The van der Waals surface area contributed by atoms with Gasteiger partial charge in [-0.1, -0.05) is 24.3 Å². The summed E-state index contributed by atoms with van der Waals surface area (Å²) in [4.78, 5) is 14.0. The lowest BCUT2D eigenvalue weighted by Crippen LogP contribution is -2.48. The molecule has 0 bridgehead atoms. The van der Waals surface area contributed by atoms with Crippen molar-refractivity contribution in [3.05, 3.63) is 101 Å². The van der Waals surface area contributed by atoms with Gasteiger partial charge >= 0.3 is 5.97 Å². The third-order valence-electron chi connectivity index (χ3n) is 6.88. The minimum absolute atomic E-state index is 0.152. The molecule has 0 spiro atoms. The summed E-state index contributed by atoms with van der Waals surface area (Å²) in [6, 6.07) is 18.6. The molecule has 1 saturated heterocycles. The number of esters is 1. The van der Waals surface area contributed by atoms with Gasteiger partial charge in [-0.2, -0.15) is 0 Å². The van der Waals surface area contributed by atoms with Crippen LogP contribution < -0.4 is 4.74 Å². The summed E-state index contributed by atoms with van der Waals surface area (Å²) in [6.07, 6.45) is 1.12. The number of nitrogens with zero attached hydrogens (tertiary/aromatic N) is 1. The second-order valence-corrected chi connectivity index (χ2v) is 9.05. The maximum absolute atomic E-state index is 13.6. The van der Waals surface area contributed by atoms with E-state index in [9.17, 15) is 18.7 Å². The summed E-state index contributed by atoms with van der Waals surface area (Å²) in [5.41, 5.74) is 0.263. The summed E-state index contributed by atoms with van der Waals surface area (Å²) < 4.78 is 38.3. The number of ether oxygens (including phenoxy) is 2. The zero-order valence-electron chi connectivity index (χ0n) is 20.5. The van der Waals surface area contributed by atoms with Crippen LogP contribution in [0.5, 0.6) is 5.75 Å². The van der Waals surface area contributed by atoms with Crippen molar-refractivity contribution in [2.24, 2.45) is 5.92 Å². The highest BCUT2D eigenvalue weighted by Gasteiger charge is 2.42. The highest BCUT2D eigenvalue weighted by atomic mass is 19.1. The van der Waals surface area contributed by atoms with Crippen molar-refractivity contribution in [1.29, 1.82) is 0 Å². The molecule has 1 N–H and O–H groups in total. The van der Waals surface area contributed by atoms with Gasteiger partial charge in [0.05, 0.1) is 12.2 Å².